The first-order chi connectivity index (χ1) is 40.0. The molecule has 0 aromatic rings. The lowest BCUT2D eigenvalue weighted by Crippen LogP contribution is -2.30. The lowest BCUT2D eigenvalue weighted by atomic mass is 10.0. The van der Waals surface area contributed by atoms with Gasteiger partial charge in [0.1, 0.15) is 13.2 Å². The fourth-order valence-corrected chi connectivity index (χ4v) is 9.40. The zero-order valence-electron chi connectivity index (χ0n) is 53.0. The van der Waals surface area contributed by atoms with Gasteiger partial charge >= 0.3 is 17.9 Å². The fraction of sp³-hybridized carbons (Fsp3) is 0.693. The molecular formula is C75H126O6. The molecule has 0 aliphatic carbocycles. The van der Waals surface area contributed by atoms with Gasteiger partial charge in [0.15, 0.2) is 6.10 Å². The number of unbranched alkanes of at least 4 members (excludes halogenated alkanes) is 30. The van der Waals surface area contributed by atoms with Crippen LogP contribution in [0.5, 0.6) is 0 Å². The molecule has 0 aromatic carbocycles. The topological polar surface area (TPSA) is 78.9 Å². The maximum absolute atomic E-state index is 12.9. The van der Waals surface area contributed by atoms with E-state index in [1.807, 2.05) is 0 Å². The SMILES string of the molecule is CC/C=C\C/C=C\C/C=C\C/C=C\CCCCCCC(=O)OCC(COC(=O)CCCCCCCCCCCCCCCCCCC/C=C\C/C=C\CCCCCCC)OC(=O)CCCCCC/C=C\C/C=C\C/C=C\C/C=C\CC. The molecule has 1 atom stereocenters. The van der Waals surface area contributed by atoms with Gasteiger partial charge in [0.05, 0.1) is 0 Å². The van der Waals surface area contributed by atoms with E-state index in [1.54, 1.807) is 0 Å². The quantitative estimate of drug-likeness (QED) is 0.0261. The minimum absolute atomic E-state index is 0.0969. The first-order valence-electron chi connectivity index (χ1n) is 34.0. The van der Waals surface area contributed by atoms with E-state index >= 15 is 0 Å². The molecule has 0 rings (SSSR count). The average Bonchev–Trinajstić information content (AvgIpc) is 3.47. The molecule has 0 bridgehead atoms. The molecule has 0 spiro atoms. The van der Waals surface area contributed by atoms with Crippen molar-refractivity contribution < 1.29 is 28.6 Å². The molecule has 0 aromatic heterocycles. The molecule has 0 aliphatic rings. The van der Waals surface area contributed by atoms with Gasteiger partial charge < -0.3 is 14.2 Å². The lowest BCUT2D eigenvalue weighted by Gasteiger charge is -2.18. The van der Waals surface area contributed by atoms with Gasteiger partial charge in [-0.1, -0.05) is 290 Å². The van der Waals surface area contributed by atoms with Crippen LogP contribution in [0.25, 0.3) is 0 Å². The second kappa shape index (κ2) is 68.3. The summed E-state index contributed by atoms with van der Waals surface area (Å²) >= 11 is 0. The number of carbonyl (C=O) groups excluding carboxylic acids is 3. The minimum Gasteiger partial charge on any atom is -0.462 e. The lowest BCUT2D eigenvalue weighted by molar-refractivity contribution is -0.167. The van der Waals surface area contributed by atoms with Crippen LogP contribution in [0.4, 0.5) is 0 Å². The van der Waals surface area contributed by atoms with Gasteiger partial charge in [-0.25, -0.2) is 0 Å². The van der Waals surface area contributed by atoms with Crippen LogP contribution in [0.1, 0.15) is 316 Å². The second-order valence-corrected chi connectivity index (χ2v) is 22.3. The Bertz CT molecular complexity index is 1670. The number of allylic oxidation sites excluding steroid dienone is 20. The number of hydrogen-bond donors (Lipinski definition) is 0. The predicted molar refractivity (Wildman–Crippen MR) is 353 cm³/mol. The number of hydrogen-bond acceptors (Lipinski definition) is 6. The Morgan fingerprint density at radius 2 is 0.481 bits per heavy atom. The summed E-state index contributed by atoms with van der Waals surface area (Å²) in [5.41, 5.74) is 0. The number of carbonyl (C=O) groups is 3. The summed E-state index contributed by atoms with van der Waals surface area (Å²) in [6, 6.07) is 0. The van der Waals surface area contributed by atoms with Crippen LogP contribution in [0, 0.1) is 0 Å². The molecular weight excluding hydrogens is 997 g/mol. The Balaban J connectivity index is 4.33. The van der Waals surface area contributed by atoms with Gasteiger partial charge in [0.2, 0.25) is 0 Å². The van der Waals surface area contributed by atoms with Crippen LogP contribution < -0.4 is 0 Å². The summed E-state index contributed by atoms with van der Waals surface area (Å²) in [5.74, 6) is -0.938. The van der Waals surface area contributed by atoms with Gasteiger partial charge in [0, 0.05) is 19.3 Å². The molecule has 0 fully saturated rings. The molecule has 462 valence electrons. The van der Waals surface area contributed by atoms with E-state index < -0.39 is 6.10 Å². The van der Waals surface area contributed by atoms with Crippen LogP contribution in [0.2, 0.25) is 0 Å². The van der Waals surface area contributed by atoms with Gasteiger partial charge in [-0.15, -0.1) is 0 Å². The molecule has 6 nitrogen and oxygen atoms in total. The molecule has 81 heavy (non-hydrogen) atoms. The van der Waals surface area contributed by atoms with Crippen LogP contribution in [0.15, 0.2) is 122 Å². The van der Waals surface area contributed by atoms with Gasteiger partial charge in [-0.2, -0.15) is 0 Å². The van der Waals surface area contributed by atoms with Crippen molar-refractivity contribution in [3.05, 3.63) is 122 Å². The average molecular weight is 1120 g/mol. The predicted octanol–water partition coefficient (Wildman–Crippen LogP) is 23.6. The van der Waals surface area contributed by atoms with E-state index in [4.69, 9.17) is 14.2 Å². The number of esters is 3. The smallest absolute Gasteiger partial charge is 0.306 e. The zero-order chi connectivity index (χ0) is 58.5. The Hall–Kier alpha value is -4.19. The maximum atomic E-state index is 12.9. The van der Waals surface area contributed by atoms with Crippen LogP contribution in [-0.4, -0.2) is 37.2 Å². The van der Waals surface area contributed by atoms with Crippen molar-refractivity contribution in [2.75, 3.05) is 13.2 Å². The van der Waals surface area contributed by atoms with E-state index in [0.29, 0.717) is 19.3 Å². The van der Waals surface area contributed by atoms with Crippen molar-refractivity contribution in [1.29, 1.82) is 0 Å². The molecule has 1 unspecified atom stereocenters. The van der Waals surface area contributed by atoms with Crippen molar-refractivity contribution in [3.63, 3.8) is 0 Å². The first-order valence-corrected chi connectivity index (χ1v) is 34.0. The van der Waals surface area contributed by atoms with Crippen LogP contribution in [-0.2, 0) is 28.6 Å². The number of ether oxygens (including phenoxy) is 3. The normalized spacial score (nSPS) is 12.9. The Morgan fingerprint density at radius 1 is 0.259 bits per heavy atom. The standard InChI is InChI=1S/C75H126O6/c1-4-7-10-13-16-19-22-25-28-31-32-33-34-35-36-37-38-39-40-41-42-45-47-50-53-56-59-62-65-68-74(77)80-71-72(81-75(78)69-66-63-60-57-54-51-48-44-30-27-24-21-18-15-12-9-6-3)70-79-73(76)67-64-61-58-55-52-49-46-43-29-26-23-20-17-14-11-8-5-2/h8-9,11-12,17-18,20-22,25-27,29-32,46,48-49,51,72H,4-7,10,13-16,19,23-24,28,33-45,47,50,52-71H2,1-3H3/b11-8-,12-9-,20-17-,21-18-,25-22-,29-26-,30-27-,32-31-,49-46-,51-48-. The first kappa shape index (κ1) is 76.8. The summed E-state index contributed by atoms with van der Waals surface area (Å²) in [5, 5.41) is 0. The molecule has 0 N–H and O–H groups in total. The fourth-order valence-electron chi connectivity index (χ4n) is 9.40. The number of rotatable bonds is 61. The van der Waals surface area contributed by atoms with E-state index in [0.717, 1.165) is 141 Å². The summed E-state index contributed by atoms with van der Waals surface area (Å²) < 4.78 is 16.9. The highest BCUT2D eigenvalue weighted by atomic mass is 16.6. The summed E-state index contributed by atoms with van der Waals surface area (Å²) in [4.78, 5) is 38.4. The Labute approximate surface area is 501 Å². The highest BCUT2D eigenvalue weighted by Gasteiger charge is 2.19. The zero-order valence-corrected chi connectivity index (χ0v) is 53.0. The van der Waals surface area contributed by atoms with E-state index in [1.165, 1.54) is 135 Å². The maximum Gasteiger partial charge on any atom is 0.306 e. The van der Waals surface area contributed by atoms with Crippen molar-refractivity contribution in [1.82, 2.24) is 0 Å². The minimum atomic E-state index is -0.806. The van der Waals surface area contributed by atoms with Crippen molar-refractivity contribution >= 4 is 17.9 Å². The highest BCUT2D eigenvalue weighted by molar-refractivity contribution is 5.71. The van der Waals surface area contributed by atoms with Crippen LogP contribution >= 0.6 is 0 Å². The van der Waals surface area contributed by atoms with E-state index in [2.05, 4.69) is 142 Å². The van der Waals surface area contributed by atoms with E-state index in [9.17, 15) is 14.4 Å². The third kappa shape index (κ3) is 66.5. The largest absolute Gasteiger partial charge is 0.462 e. The van der Waals surface area contributed by atoms with Gasteiger partial charge in [-0.3, -0.25) is 14.4 Å². The molecule has 0 radical (unpaired) electrons. The molecule has 0 heterocycles. The summed E-state index contributed by atoms with van der Waals surface area (Å²) in [7, 11) is 0. The molecule has 0 saturated carbocycles. The molecule has 0 saturated heterocycles. The van der Waals surface area contributed by atoms with Crippen molar-refractivity contribution in [2.24, 2.45) is 0 Å². The Kier molecular flexibility index (Phi) is 64.8. The second-order valence-electron chi connectivity index (χ2n) is 22.3. The highest BCUT2D eigenvalue weighted by Crippen LogP contribution is 2.16. The van der Waals surface area contributed by atoms with Crippen molar-refractivity contribution in [2.45, 2.75) is 322 Å². The third-order valence-corrected chi connectivity index (χ3v) is 14.4. The van der Waals surface area contributed by atoms with Gasteiger partial charge in [0.25, 0.3) is 0 Å². The molecule has 0 amide bonds. The van der Waals surface area contributed by atoms with Crippen LogP contribution in [0.3, 0.4) is 0 Å². The molecule has 6 heteroatoms. The third-order valence-electron chi connectivity index (χ3n) is 14.4. The monoisotopic (exact) mass is 1120 g/mol. The molecule has 0 aliphatic heterocycles. The van der Waals surface area contributed by atoms with E-state index in [-0.39, 0.29) is 31.1 Å². The van der Waals surface area contributed by atoms with Gasteiger partial charge in [-0.05, 0) is 128 Å². The summed E-state index contributed by atoms with van der Waals surface area (Å²) in [6.07, 6.45) is 95.1. The Morgan fingerprint density at radius 3 is 0.753 bits per heavy atom. The summed E-state index contributed by atoms with van der Waals surface area (Å²) in [6.45, 7) is 6.39. The van der Waals surface area contributed by atoms with Crippen molar-refractivity contribution in [3.8, 4) is 0 Å².